The highest BCUT2D eigenvalue weighted by atomic mass is 32.1. The first-order valence-electron chi connectivity index (χ1n) is 6.18. The summed E-state index contributed by atoms with van der Waals surface area (Å²) in [5, 5.41) is 10.8. The van der Waals surface area contributed by atoms with Crippen molar-refractivity contribution in [2.24, 2.45) is 0 Å². The SMILES string of the molecule is Cc1ccc2nc(NCCc3nc(C)cs3)nn2c1. The average Bonchev–Trinajstić information content (AvgIpc) is 2.95. The summed E-state index contributed by atoms with van der Waals surface area (Å²) >= 11 is 1.69. The number of rotatable bonds is 4. The van der Waals surface area contributed by atoms with Gasteiger partial charge in [-0.05, 0) is 25.5 Å². The van der Waals surface area contributed by atoms with Crippen LogP contribution in [0.25, 0.3) is 5.65 Å². The van der Waals surface area contributed by atoms with Crippen LogP contribution in [0.3, 0.4) is 0 Å². The lowest BCUT2D eigenvalue weighted by molar-refractivity contribution is 0.926. The van der Waals surface area contributed by atoms with E-state index in [4.69, 9.17) is 0 Å². The van der Waals surface area contributed by atoms with Gasteiger partial charge in [-0.1, -0.05) is 6.07 Å². The van der Waals surface area contributed by atoms with Gasteiger partial charge in [0.2, 0.25) is 5.95 Å². The Bertz CT molecular complexity index is 700. The molecular formula is C13H15N5S. The van der Waals surface area contributed by atoms with E-state index in [2.05, 4.69) is 25.8 Å². The molecule has 5 nitrogen and oxygen atoms in total. The predicted octanol–water partition coefficient (Wildman–Crippen LogP) is 2.46. The van der Waals surface area contributed by atoms with Crippen LogP contribution in [0.1, 0.15) is 16.3 Å². The molecule has 3 aromatic rings. The third-order valence-corrected chi connectivity index (χ3v) is 3.79. The van der Waals surface area contributed by atoms with Gasteiger partial charge >= 0.3 is 0 Å². The van der Waals surface area contributed by atoms with E-state index in [0.29, 0.717) is 5.95 Å². The number of fused-ring (bicyclic) bond motifs is 1. The van der Waals surface area contributed by atoms with Crippen LogP contribution in [-0.2, 0) is 6.42 Å². The van der Waals surface area contributed by atoms with Gasteiger partial charge in [-0.3, -0.25) is 0 Å². The van der Waals surface area contributed by atoms with Crippen molar-refractivity contribution in [2.75, 3.05) is 11.9 Å². The van der Waals surface area contributed by atoms with E-state index < -0.39 is 0 Å². The molecule has 3 rings (SSSR count). The van der Waals surface area contributed by atoms with Gasteiger partial charge in [-0.15, -0.1) is 16.4 Å². The quantitative estimate of drug-likeness (QED) is 0.793. The lowest BCUT2D eigenvalue weighted by Crippen LogP contribution is -2.06. The minimum atomic E-state index is 0.666. The Kier molecular flexibility index (Phi) is 3.16. The molecule has 98 valence electrons. The van der Waals surface area contributed by atoms with Crippen molar-refractivity contribution in [3.8, 4) is 0 Å². The maximum absolute atomic E-state index is 4.43. The molecule has 0 saturated heterocycles. The summed E-state index contributed by atoms with van der Waals surface area (Å²) in [5.41, 5.74) is 3.11. The monoisotopic (exact) mass is 273 g/mol. The summed E-state index contributed by atoms with van der Waals surface area (Å²) in [6.07, 6.45) is 2.87. The summed E-state index contributed by atoms with van der Waals surface area (Å²) in [6.45, 7) is 4.85. The maximum atomic E-state index is 4.43. The Labute approximate surface area is 115 Å². The highest BCUT2D eigenvalue weighted by Crippen LogP contribution is 2.10. The molecule has 0 aliphatic heterocycles. The normalized spacial score (nSPS) is 11.1. The number of thiazole rings is 1. The number of nitrogens with one attached hydrogen (secondary N) is 1. The first-order valence-corrected chi connectivity index (χ1v) is 7.06. The zero-order chi connectivity index (χ0) is 13.2. The molecule has 19 heavy (non-hydrogen) atoms. The summed E-state index contributed by atoms with van der Waals surface area (Å²) in [5.74, 6) is 0.666. The molecule has 0 unspecified atom stereocenters. The van der Waals surface area contributed by atoms with Gasteiger partial charge < -0.3 is 5.32 Å². The van der Waals surface area contributed by atoms with Crippen LogP contribution in [0.5, 0.6) is 0 Å². The van der Waals surface area contributed by atoms with Gasteiger partial charge in [0.25, 0.3) is 0 Å². The van der Waals surface area contributed by atoms with Crippen molar-refractivity contribution in [3.63, 3.8) is 0 Å². The van der Waals surface area contributed by atoms with Gasteiger partial charge in [0.05, 0.1) is 5.01 Å². The minimum absolute atomic E-state index is 0.666. The van der Waals surface area contributed by atoms with Crippen LogP contribution >= 0.6 is 11.3 Å². The third kappa shape index (κ3) is 2.73. The predicted molar refractivity (Wildman–Crippen MR) is 76.8 cm³/mol. The molecule has 3 aromatic heterocycles. The van der Waals surface area contributed by atoms with Gasteiger partial charge in [0.1, 0.15) is 0 Å². The van der Waals surface area contributed by atoms with Crippen molar-refractivity contribution in [3.05, 3.63) is 40.0 Å². The molecule has 0 bridgehead atoms. The Balaban J connectivity index is 1.65. The number of aromatic nitrogens is 4. The van der Waals surface area contributed by atoms with Crippen molar-refractivity contribution >= 4 is 22.9 Å². The molecule has 0 saturated carbocycles. The van der Waals surface area contributed by atoms with Crippen molar-refractivity contribution in [1.29, 1.82) is 0 Å². The van der Waals surface area contributed by atoms with Crippen LogP contribution < -0.4 is 5.32 Å². The summed E-state index contributed by atoms with van der Waals surface area (Å²) in [4.78, 5) is 8.84. The van der Waals surface area contributed by atoms with Crippen LogP contribution in [0, 0.1) is 13.8 Å². The number of pyridine rings is 1. The molecule has 0 radical (unpaired) electrons. The average molecular weight is 273 g/mol. The number of hydrogen-bond donors (Lipinski definition) is 1. The van der Waals surface area contributed by atoms with E-state index in [9.17, 15) is 0 Å². The molecule has 3 heterocycles. The Morgan fingerprint density at radius 1 is 1.26 bits per heavy atom. The molecule has 0 fully saturated rings. The first-order chi connectivity index (χ1) is 9.20. The standard InChI is InChI=1S/C13H15N5S/c1-9-3-4-11-16-13(17-18(11)7-9)14-6-5-12-15-10(2)8-19-12/h3-4,7-8H,5-6H2,1-2H3,(H,14,17). The van der Waals surface area contributed by atoms with Crippen LogP contribution in [0.15, 0.2) is 23.7 Å². The summed E-state index contributed by atoms with van der Waals surface area (Å²) < 4.78 is 1.80. The lowest BCUT2D eigenvalue weighted by Gasteiger charge is -1.98. The highest BCUT2D eigenvalue weighted by molar-refractivity contribution is 7.09. The van der Waals surface area contributed by atoms with Crippen molar-refractivity contribution in [1.82, 2.24) is 19.6 Å². The zero-order valence-corrected chi connectivity index (χ0v) is 11.7. The molecular weight excluding hydrogens is 258 g/mol. The highest BCUT2D eigenvalue weighted by Gasteiger charge is 2.03. The third-order valence-electron chi connectivity index (χ3n) is 2.77. The molecule has 0 spiro atoms. The second-order valence-electron chi connectivity index (χ2n) is 4.50. The summed E-state index contributed by atoms with van der Waals surface area (Å²) in [7, 11) is 0. The number of anilines is 1. The second kappa shape index (κ2) is 4.97. The zero-order valence-electron chi connectivity index (χ0n) is 10.9. The molecule has 0 aromatic carbocycles. The van der Waals surface area contributed by atoms with Gasteiger partial charge in [-0.2, -0.15) is 4.98 Å². The molecule has 6 heteroatoms. The van der Waals surface area contributed by atoms with E-state index in [0.717, 1.165) is 29.3 Å². The van der Waals surface area contributed by atoms with E-state index in [1.54, 1.807) is 15.9 Å². The lowest BCUT2D eigenvalue weighted by atomic mass is 10.3. The smallest absolute Gasteiger partial charge is 0.243 e. The van der Waals surface area contributed by atoms with Crippen molar-refractivity contribution < 1.29 is 0 Å². The Hall–Kier alpha value is -1.95. The van der Waals surface area contributed by atoms with Crippen molar-refractivity contribution in [2.45, 2.75) is 20.3 Å². The fraction of sp³-hybridized carbons (Fsp3) is 0.308. The number of aryl methyl sites for hydroxylation is 2. The topological polar surface area (TPSA) is 55.1 Å². The van der Waals surface area contributed by atoms with Gasteiger partial charge in [0, 0.05) is 30.2 Å². The molecule has 0 aliphatic carbocycles. The van der Waals surface area contributed by atoms with E-state index in [1.165, 1.54) is 5.56 Å². The van der Waals surface area contributed by atoms with Crippen LogP contribution in [0.4, 0.5) is 5.95 Å². The molecule has 1 N–H and O–H groups in total. The second-order valence-corrected chi connectivity index (χ2v) is 5.45. The van der Waals surface area contributed by atoms with E-state index in [-0.39, 0.29) is 0 Å². The fourth-order valence-electron chi connectivity index (χ4n) is 1.86. The fourth-order valence-corrected chi connectivity index (χ4v) is 2.64. The largest absolute Gasteiger partial charge is 0.352 e. The van der Waals surface area contributed by atoms with Crippen LogP contribution in [0.2, 0.25) is 0 Å². The molecule has 0 atom stereocenters. The first kappa shape index (κ1) is 12.1. The molecule has 0 amide bonds. The van der Waals surface area contributed by atoms with Gasteiger partial charge in [0.15, 0.2) is 5.65 Å². The van der Waals surface area contributed by atoms with E-state index in [1.807, 2.05) is 32.2 Å². The van der Waals surface area contributed by atoms with Crippen LogP contribution in [-0.4, -0.2) is 26.1 Å². The molecule has 0 aliphatic rings. The maximum Gasteiger partial charge on any atom is 0.243 e. The van der Waals surface area contributed by atoms with Gasteiger partial charge in [-0.25, -0.2) is 9.50 Å². The number of nitrogens with zero attached hydrogens (tertiary/aromatic N) is 4. The Morgan fingerprint density at radius 2 is 2.16 bits per heavy atom. The number of hydrogen-bond acceptors (Lipinski definition) is 5. The van der Waals surface area contributed by atoms with E-state index >= 15 is 0 Å². The summed E-state index contributed by atoms with van der Waals surface area (Å²) in [6, 6.07) is 4.00. The Morgan fingerprint density at radius 3 is 2.95 bits per heavy atom. The minimum Gasteiger partial charge on any atom is -0.352 e.